The first-order valence-electron chi connectivity index (χ1n) is 12.9. The number of nitrogens with one attached hydrogen (secondary N) is 2. The first kappa shape index (κ1) is 24.3. The van der Waals surface area contributed by atoms with Crippen molar-refractivity contribution in [3.05, 3.63) is 156 Å². The molecule has 0 aliphatic carbocycles. The van der Waals surface area contributed by atoms with Crippen molar-refractivity contribution in [1.82, 2.24) is 5.32 Å². The number of benzene rings is 5. The fourth-order valence-electron chi connectivity index (χ4n) is 4.83. The molecule has 1 heterocycles. The SMILES string of the molecule is N=C(OC(N)C1=CC(c2ccccc2)N=C(c2ccccc2)N1)c1ccccc1-c1ccc2ccccc2c1. The van der Waals surface area contributed by atoms with Crippen LogP contribution in [0.2, 0.25) is 0 Å². The Bertz CT molecular complexity index is 1690. The Labute approximate surface area is 227 Å². The van der Waals surface area contributed by atoms with E-state index >= 15 is 0 Å². The van der Waals surface area contributed by atoms with Crippen LogP contribution >= 0.6 is 0 Å². The van der Waals surface area contributed by atoms with Gasteiger partial charge in [-0.2, -0.15) is 0 Å². The van der Waals surface area contributed by atoms with Crippen molar-refractivity contribution in [3.8, 4) is 11.1 Å². The van der Waals surface area contributed by atoms with Crippen LogP contribution in [0.5, 0.6) is 0 Å². The molecule has 0 saturated carbocycles. The van der Waals surface area contributed by atoms with Crippen LogP contribution in [0.1, 0.15) is 22.7 Å². The number of rotatable bonds is 6. The molecule has 0 radical (unpaired) electrons. The molecule has 5 aromatic rings. The van der Waals surface area contributed by atoms with Crippen molar-refractivity contribution >= 4 is 22.5 Å². The third kappa shape index (κ3) is 5.21. The van der Waals surface area contributed by atoms with Gasteiger partial charge in [0, 0.05) is 11.1 Å². The Hall–Kier alpha value is -5.00. The summed E-state index contributed by atoms with van der Waals surface area (Å²) in [5, 5.41) is 14.5. The number of nitrogens with two attached hydrogens (primary N) is 1. The second kappa shape index (κ2) is 10.8. The molecule has 0 aromatic heterocycles. The zero-order chi connectivity index (χ0) is 26.6. The average molecular weight is 509 g/mol. The summed E-state index contributed by atoms with van der Waals surface area (Å²) in [6, 6.07) is 42.1. The predicted molar refractivity (Wildman–Crippen MR) is 159 cm³/mol. The maximum atomic E-state index is 8.87. The zero-order valence-corrected chi connectivity index (χ0v) is 21.3. The highest BCUT2D eigenvalue weighted by molar-refractivity contribution is 6.02. The van der Waals surface area contributed by atoms with Crippen molar-refractivity contribution in [3.63, 3.8) is 0 Å². The second-order valence-electron chi connectivity index (χ2n) is 9.42. The summed E-state index contributed by atoms with van der Waals surface area (Å²) < 4.78 is 6.07. The van der Waals surface area contributed by atoms with Gasteiger partial charge in [-0.05, 0) is 45.7 Å². The normalized spacial score (nSPS) is 15.6. The summed E-state index contributed by atoms with van der Waals surface area (Å²) in [5.74, 6) is 0.720. The van der Waals surface area contributed by atoms with E-state index in [0.29, 0.717) is 17.1 Å². The lowest BCUT2D eigenvalue weighted by atomic mass is 9.97. The van der Waals surface area contributed by atoms with Gasteiger partial charge in [-0.15, -0.1) is 0 Å². The van der Waals surface area contributed by atoms with Gasteiger partial charge in [0.15, 0.2) is 6.23 Å². The second-order valence-corrected chi connectivity index (χ2v) is 9.42. The minimum atomic E-state index is -0.886. The fourth-order valence-corrected chi connectivity index (χ4v) is 4.83. The fraction of sp³-hybridized carbons (Fsp3) is 0.0588. The first-order chi connectivity index (χ1) is 19.2. The summed E-state index contributed by atoms with van der Waals surface area (Å²) in [6.45, 7) is 0. The Morgan fingerprint density at radius 3 is 2.21 bits per heavy atom. The maximum absolute atomic E-state index is 8.87. The lowest BCUT2D eigenvalue weighted by Crippen LogP contribution is -2.40. The highest BCUT2D eigenvalue weighted by Gasteiger charge is 2.24. The zero-order valence-electron chi connectivity index (χ0n) is 21.3. The number of nitrogens with zero attached hydrogens (tertiary/aromatic N) is 1. The average Bonchev–Trinajstić information content (AvgIpc) is 3.01. The van der Waals surface area contributed by atoms with E-state index in [2.05, 4.69) is 35.6 Å². The van der Waals surface area contributed by atoms with Gasteiger partial charge in [0.1, 0.15) is 5.84 Å². The van der Waals surface area contributed by atoms with E-state index in [1.165, 1.54) is 5.39 Å². The van der Waals surface area contributed by atoms with E-state index in [1.54, 1.807) is 0 Å². The highest BCUT2D eigenvalue weighted by Crippen LogP contribution is 2.29. The number of amidine groups is 1. The van der Waals surface area contributed by atoms with Crippen molar-refractivity contribution in [2.75, 3.05) is 0 Å². The topological polar surface area (TPSA) is 83.5 Å². The number of ether oxygens (including phenoxy) is 1. The number of hydrogen-bond acceptors (Lipinski definition) is 5. The van der Waals surface area contributed by atoms with Crippen LogP contribution in [0, 0.1) is 5.41 Å². The Morgan fingerprint density at radius 2 is 1.41 bits per heavy atom. The highest BCUT2D eigenvalue weighted by atomic mass is 16.5. The summed E-state index contributed by atoms with van der Waals surface area (Å²) >= 11 is 0. The van der Waals surface area contributed by atoms with Crippen molar-refractivity contribution in [2.24, 2.45) is 10.7 Å². The molecule has 39 heavy (non-hydrogen) atoms. The molecule has 4 N–H and O–H groups in total. The molecule has 6 rings (SSSR count). The van der Waals surface area contributed by atoms with Gasteiger partial charge >= 0.3 is 0 Å². The molecule has 2 unspecified atom stereocenters. The number of hydrogen-bond donors (Lipinski definition) is 3. The quantitative estimate of drug-likeness (QED) is 0.134. The number of aliphatic imine (C=N–C) groups is 1. The van der Waals surface area contributed by atoms with Crippen LogP contribution < -0.4 is 11.1 Å². The van der Waals surface area contributed by atoms with Crippen LogP contribution in [-0.4, -0.2) is 18.0 Å². The Morgan fingerprint density at radius 1 is 0.744 bits per heavy atom. The van der Waals surface area contributed by atoms with Crippen molar-refractivity contribution < 1.29 is 4.74 Å². The summed E-state index contributed by atoms with van der Waals surface area (Å²) in [5.41, 5.74) is 11.9. The van der Waals surface area contributed by atoms with Gasteiger partial charge in [0.2, 0.25) is 5.90 Å². The molecule has 5 aromatic carbocycles. The van der Waals surface area contributed by atoms with Crippen LogP contribution in [0.4, 0.5) is 0 Å². The van der Waals surface area contributed by atoms with Gasteiger partial charge in [-0.25, -0.2) is 0 Å². The molecule has 5 heteroatoms. The lowest BCUT2D eigenvalue weighted by Gasteiger charge is -2.27. The molecule has 0 amide bonds. The minimum absolute atomic E-state index is 0.00833. The molecule has 0 fully saturated rings. The molecular weight excluding hydrogens is 480 g/mol. The molecule has 0 spiro atoms. The van der Waals surface area contributed by atoms with Gasteiger partial charge in [0.25, 0.3) is 0 Å². The molecule has 190 valence electrons. The standard InChI is InChI=1S/C34H28N4O/c35-32(29-18-10-9-17-28(29)27-20-19-23-11-7-8-16-26(23)21-27)39-33(36)31-22-30(24-12-3-1-4-13-24)37-34(38-31)25-14-5-2-6-15-25/h1-22,30,33,35H,36H2,(H,37,38). The van der Waals surface area contributed by atoms with E-state index in [0.717, 1.165) is 27.6 Å². The molecule has 1 aliphatic rings. The summed E-state index contributed by atoms with van der Waals surface area (Å²) in [7, 11) is 0. The van der Waals surface area contributed by atoms with E-state index in [-0.39, 0.29) is 11.9 Å². The Balaban J connectivity index is 1.29. The van der Waals surface area contributed by atoms with Crippen LogP contribution in [-0.2, 0) is 4.74 Å². The van der Waals surface area contributed by atoms with Crippen molar-refractivity contribution in [2.45, 2.75) is 12.3 Å². The first-order valence-corrected chi connectivity index (χ1v) is 12.9. The Kier molecular flexibility index (Phi) is 6.73. The summed E-state index contributed by atoms with van der Waals surface area (Å²) in [4.78, 5) is 4.94. The molecule has 0 saturated heterocycles. The summed E-state index contributed by atoms with van der Waals surface area (Å²) in [6.07, 6.45) is 1.08. The van der Waals surface area contributed by atoms with Crippen LogP contribution in [0.15, 0.2) is 144 Å². The van der Waals surface area contributed by atoms with Gasteiger partial charge in [-0.3, -0.25) is 16.1 Å². The maximum Gasteiger partial charge on any atom is 0.215 e. The third-order valence-corrected chi connectivity index (χ3v) is 6.84. The predicted octanol–water partition coefficient (Wildman–Crippen LogP) is 6.81. The third-order valence-electron chi connectivity index (χ3n) is 6.84. The molecular formula is C34H28N4O. The minimum Gasteiger partial charge on any atom is -0.453 e. The number of fused-ring (bicyclic) bond motifs is 1. The van der Waals surface area contributed by atoms with Gasteiger partial charge in [-0.1, -0.05) is 115 Å². The lowest BCUT2D eigenvalue weighted by molar-refractivity contribution is 0.224. The van der Waals surface area contributed by atoms with E-state index < -0.39 is 6.23 Å². The van der Waals surface area contributed by atoms with E-state index in [9.17, 15) is 0 Å². The van der Waals surface area contributed by atoms with Gasteiger partial charge < -0.3 is 10.1 Å². The van der Waals surface area contributed by atoms with Crippen LogP contribution in [0.25, 0.3) is 21.9 Å². The monoisotopic (exact) mass is 508 g/mol. The van der Waals surface area contributed by atoms with Crippen LogP contribution in [0.3, 0.4) is 0 Å². The molecule has 0 bridgehead atoms. The van der Waals surface area contributed by atoms with E-state index in [1.807, 2.05) is 103 Å². The molecule has 1 aliphatic heterocycles. The molecule has 5 nitrogen and oxygen atoms in total. The van der Waals surface area contributed by atoms with E-state index in [4.69, 9.17) is 20.9 Å². The smallest absolute Gasteiger partial charge is 0.215 e. The molecule has 2 atom stereocenters. The largest absolute Gasteiger partial charge is 0.453 e. The van der Waals surface area contributed by atoms with Crippen molar-refractivity contribution in [1.29, 1.82) is 5.41 Å². The van der Waals surface area contributed by atoms with Gasteiger partial charge in [0.05, 0.1) is 11.7 Å².